The number of nitrogens with zero attached hydrogens (tertiary/aromatic N) is 2. The van der Waals surface area contributed by atoms with Gasteiger partial charge in [0, 0.05) is 21.8 Å². The van der Waals surface area contributed by atoms with Crippen molar-refractivity contribution in [3.63, 3.8) is 0 Å². The Labute approximate surface area is 111 Å². The summed E-state index contributed by atoms with van der Waals surface area (Å²) in [6, 6.07) is 12.0. The summed E-state index contributed by atoms with van der Waals surface area (Å²) in [4.78, 5) is 17.2. The predicted octanol–water partition coefficient (Wildman–Crippen LogP) is -1.04. The van der Waals surface area contributed by atoms with Gasteiger partial charge in [0.1, 0.15) is 5.65 Å². The summed E-state index contributed by atoms with van der Waals surface area (Å²) >= 11 is 0. The first-order chi connectivity index (χ1) is 9.18. The van der Waals surface area contributed by atoms with Crippen molar-refractivity contribution in [2.75, 3.05) is 0 Å². The van der Waals surface area contributed by atoms with E-state index >= 15 is 0 Å². The molecule has 0 radical (unpaired) electrons. The number of hydrogen-bond donors (Lipinski definition) is 0. The third-order valence-electron chi connectivity index (χ3n) is 3.92. The lowest BCUT2D eigenvalue weighted by atomic mass is 9.91. The molecule has 5 heteroatoms. The Bertz CT molecular complexity index is 1000. The van der Waals surface area contributed by atoms with E-state index in [1.165, 1.54) is 0 Å². The first kappa shape index (κ1) is 10.6. The van der Waals surface area contributed by atoms with Crippen LogP contribution in [0.1, 0.15) is 0 Å². The fourth-order valence-electron chi connectivity index (χ4n) is 2.87. The number of pyridine rings is 1. The molecule has 2 heterocycles. The molecule has 2 aromatic heterocycles. The Morgan fingerprint density at radius 1 is 1.00 bits per heavy atom. The Morgan fingerprint density at radius 3 is 2.42 bits per heavy atom. The van der Waals surface area contributed by atoms with Crippen LogP contribution in [0.5, 0.6) is 0 Å². The third kappa shape index (κ3) is 1.19. The Kier molecular flexibility index (Phi) is 1.89. The Morgan fingerprint density at radius 2 is 1.68 bits per heavy atom. The van der Waals surface area contributed by atoms with Crippen molar-refractivity contribution in [3.8, 4) is 0 Å². The molecule has 4 rings (SSSR count). The van der Waals surface area contributed by atoms with Crippen LogP contribution in [0.4, 0.5) is 0 Å². The molecule has 2 aromatic carbocycles. The molecule has 0 unspecified atom stereocenters. The zero-order valence-electron chi connectivity index (χ0n) is 10.8. The Balaban J connectivity index is 2.51. The summed E-state index contributed by atoms with van der Waals surface area (Å²) in [5.74, 6) is 0. The molecular weight excluding hydrogens is 234 g/mol. The van der Waals surface area contributed by atoms with Crippen molar-refractivity contribution in [2.24, 2.45) is 0 Å². The van der Waals surface area contributed by atoms with Crippen LogP contribution in [0.2, 0.25) is 0 Å². The van der Waals surface area contributed by atoms with Crippen molar-refractivity contribution in [3.05, 3.63) is 46.8 Å². The van der Waals surface area contributed by atoms with Crippen LogP contribution in [0, 0.1) is 0 Å². The molecule has 0 aliphatic heterocycles. The fourth-order valence-corrected chi connectivity index (χ4v) is 2.87. The second-order valence-corrected chi connectivity index (χ2v) is 4.96. The molecule has 0 saturated carbocycles. The molecule has 3 nitrogen and oxygen atoms in total. The van der Waals surface area contributed by atoms with Gasteiger partial charge in [-0.2, -0.15) is 0 Å². The van der Waals surface area contributed by atoms with Gasteiger partial charge >= 0.3 is 0 Å². The molecule has 0 bridgehead atoms. The minimum absolute atomic E-state index is 0.0254. The summed E-state index contributed by atoms with van der Waals surface area (Å²) in [6.07, 6.45) is 0. The van der Waals surface area contributed by atoms with E-state index in [1.807, 2.05) is 52.1 Å². The molecule has 0 atom stereocenters. The van der Waals surface area contributed by atoms with Crippen LogP contribution in [0.25, 0.3) is 27.2 Å². The second-order valence-electron chi connectivity index (χ2n) is 4.96. The van der Waals surface area contributed by atoms with Crippen LogP contribution in [0.3, 0.4) is 0 Å². The van der Waals surface area contributed by atoms with E-state index in [2.05, 4.69) is 4.98 Å². The average molecular weight is 244 g/mol. The van der Waals surface area contributed by atoms with E-state index < -0.39 is 0 Å². The maximum atomic E-state index is 12.7. The lowest BCUT2D eigenvalue weighted by molar-refractivity contribution is 1.18. The van der Waals surface area contributed by atoms with Gasteiger partial charge in [-0.25, -0.2) is 4.98 Å². The molecule has 88 valence electrons. The highest BCUT2D eigenvalue weighted by Crippen LogP contribution is 2.26. The molecule has 0 aliphatic rings. The minimum atomic E-state index is 0.0254. The zero-order chi connectivity index (χ0) is 13.1. The SMILES string of the molecule is Bc1nc2c3cccc4cccc(c(=O)n2c1B)c43. The van der Waals surface area contributed by atoms with E-state index in [0.717, 1.165) is 38.4 Å². The second kappa shape index (κ2) is 3.38. The van der Waals surface area contributed by atoms with Gasteiger partial charge < -0.3 is 0 Å². The maximum Gasteiger partial charge on any atom is 0.263 e. The van der Waals surface area contributed by atoms with Crippen LogP contribution in [0.15, 0.2) is 41.2 Å². The highest BCUT2D eigenvalue weighted by Gasteiger charge is 2.14. The zero-order valence-corrected chi connectivity index (χ0v) is 10.8. The lowest BCUT2D eigenvalue weighted by Gasteiger charge is -2.07. The van der Waals surface area contributed by atoms with Gasteiger partial charge in [0.15, 0.2) is 15.7 Å². The van der Waals surface area contributed by atoms with Crippen molar-refractivity contribution >= 4 is 54.1 Å². The normalized spacial score (nSPS) is 11.8. The molecule has 0 N–H and O–H groups in total. The van der Waals surface area contributed by atoms with Gasteiger partial charge in [0.25, 0.3) is 5.56 Å². The van der Waals surface area contributed by atoms with Gasteiger partial charge in [-0.15, -0.1) is 0 Å². The fraction of sp³-hybridized carbons (Fsp3) is 0. The number of fused-ring (bicyclic) bond motifs is 2. The molecule has 0 spiro atoms. The highest BCUT2D eigenvalue weighted by atomic mass is 16.1. The summed E-state index contributed by atoms with van der Waals surface area (Å²) < 4.78 is 1.73. The van der Waals surface area contributed by atoms with Crippen LogP contribution in [-0.2, 0) is 0 Å². The van der Waals surface area contributed by atoms with Gasteiger partial charge in [-0.1, -0.05) is 30.3 Å². The summed E-state index contributed by atoms with van der Waals surface area (Å²) in [5.41, 5.74) is 2.63. The van der Waals surface area contributed by atoms with Crippen molar-refractivity contribution in [1.82, 2.24) is 9.38 Å². The minimum Gasteiger partial charge on any atom is -0.273 e. The summed E-state index contributed by atoms with van der Waals surface area (Å²) in [6.45, 7) is 0. The van der Waals surface area contributed by atoms with E-state index in [1.54, 1.807) is 4.40 Å². The number of aromatic nitrogens is 2. The Hall–Kier alpha value is -2.29. The predicted molar refractivity (Wildman–Crippen MR) is 84.0 cm³/mol. The van der Waals surface area contributed by atoms with Crippen LogP contribution >= 0.6 is 0 Å². The van der Waals surface area contributed by atoms with Crippen LogP contribution in [-0.4, -0.2) is 25.1 Å². The van der Waals surface area contributed by atoms with Gasteiger partial charge in [0.2, 0.25) is 0 Å². The largest absolute Gasteiger partial charge is 0.273 e. The molecule has 19 heavy (non-hydrogen) atoms. The number of benzene rings is 2. The smallest absolute Gasteiger partial charge is 0.263 e. The summed E-state index contributed by atoms with van der Waals surface area (Å²) in [5, 5.41) is 3.92. The molecule has 0 aliphatic carbocycles. The van der Waals surface area contributed by atoms with Crippen molar-refractivity contribution in [1.29, 1.82) is 0 Å². The lowest BCUT2D eigenvalue weighted by Crippen LogP contribution is -2.32. The van der Waals surface area contributed by atoms with Gasteiger partial charge in [-0.05, 0) is 17.0 Å². The van der Waals surface area contributed by atoms with Crippen molar-refractivity contribution < 1.29 is 0 Å². The van der Waals surface area contributed by atoms with E-state index in [4.69, 9.17) is 0 Å². The van der Waals surface area contributed by atoms with E-state index in [9.17, 15) is 4.79 Å². The van der Waals surface area contributed by atoms with Crippen LogP contribution < -0.4 is 16.7 Å². The average Bonchev–Trinajstić information content (AvgIpc) is 2.72. The molecule has 4 aromatic rings. The third-order valence-corrected chi connectivity index (χ3v) is 3.92. The first-order valence-corrected chi connectivity index (χ1v) is 6.31. The quantitative estimate of drug-likeness (QED) is 0.370. The molecule has 0 fully saturated rings. The molecular formula is C14H10B2N2O. The number of rotatable bonds is 0. The standard InChI is InChI=1S/C14H10B2N2O/c15-11-12(16)18-13(17-11)8-5-1-3-7-4-2-6-9(10(7)8)14(18)19/h1-6H,15-16H2. The van der Waals surface area contributed by atoms with Crippen molar-refractivity contribution in [2.45, 2.75) is 0 Å². The van der Waals surface area contributed by atoms with Gasteiger partial charge in [0.05, 0.1) is 0 Å². The number of imidazole rings is 1. The molecule has 0 amide bonds. The summed E-state index contributed by atoms with van der Waals surface area (Å²) in [7, 11) is 3.89. The number of hydrogen-bond acceptors (Lipinski definition) is 2. The maximum absolute atomic E-state index is 12.7. The molecule has 0 saturated heterocycles. The monoisotopic (exact) mass is 244 g/mol. The topological polar surface area (TPSA) is 34.4 Å². The van der Waals surface area contributed by atoms with Gasteiger partial charge in [-0.3, -0.25) is 9.20 Å². The first-order valence-electron chi connectivity index (χ1n) is 6.31. The van der Waals surface area contributed by atoms with E-state index in [-0.39, 0.29) is 5.56 Å². The van der Waals surface area contributed by atoms with E-state index in [0.29, 0.717) is 0 Å². The highest BCUT2D eigenvalue weighted by molar-refractivity contribution is 6.47.